The zero-order valence-electron chi connectivity index (χ0n) is 43.7. The molecule has 0 amide bonds. The molecular weight excluding hydrogens is 985 g/mol. The summed E-state index contributed by atoms with van der Waals surface area (Å²) in [5.41, 5.74) is 25.9. The van der Waals surface area contributed by atoms with Crippen LogP contribution in [-0.2, 0) is 5.41 Å². The van der Waals surface area contributed by atoms with Crippen molar-refractivity contribution in [2.75, 3.05) is 0 Å². The highest BCUT2D eigenvalue weighted by molar-refractivity contribution is 5.96. The predicted molar refractivity (Wildman–Crippen MR) is 322 cm³/mol. The summed E-state index contributed by atoms with van der Waals surface area (Å²) in [5.74, 6) is 3.86. The van der Waals surface area contributed by atoms with Gasteiger partial charge in [0.05, 0.1) is 5.41 Å². The van der Waals surface area contributed by atoms with E-state index >= 15 is 0 Å². The van der Waals surface area contributed by atoms with E-state index in [0.29, 0.717) is 34.9 Å². The highest BCUT2D eigenvalue weighted by Crippen LogP contribution is 2.63. The first-order valence-corrected chi connectivity index (χ1v) is 27.7. The lowest BCUT2D eigenvalue weighted by Gasteiger charge is -2.42. The second-order valence-corrected chi connectivity index (χ2v) is 21.6. The Kier molecular flexibility index (Phi) is 9.95. The molecule has 0 fully saturated rings. The van der Waals surface area contributed by atoms with Gasteiger partial charge in [-0.05, 0) is 107 Å². The largest absolute Gasteiger partial charge is 0.208 e. The highest BCUT2D eigenvalue weighted by atomic mass is 15.0. The Balaban J connectivity index is 0.741. The second-order valence-electron chi connectivity index (χ2n) is 21.6. The lowest BCUT2D eigenvalue weighted by atomic mass is 9.61. The first-order valence-electron chi connectivity index (χ1n) is 27.7. The Labute approximate surface area is 469 Å². The van der Waals surface area contributed by atoms with Crippen molar-refractivity contribution in [2.24, 2.45) is 0 Å². The van der Waals surface area contributed by atoms with E-state index < -0.39 is 0 Å². The van der Waals surface area contributed by atoms with Gasteiger partial charge in [-0.3, -0.25) is 0 Å². The Morgan fingerprint density at radius 1 is 0.198 bits per heavy atom. The lowest BCUT2D eigenvalue weighted by molar-refractivity contribution is 0.754. The van der Waals surface area contributed by atoms with Gasteiger partial charge in [0.15, 0.2) is 34.9 Å². The summed E-state index contributed by atoms with van der Waals surface area (Å²) < 4.78 is 0. The minimum absolute atomic E-state index is 0.00813. The molecule has 18 rings (SSSR count). The van der Waals surface area contributed by atoms with Gasteiger partial charge in [-0.2, -0.15) is 0 Å². The van der Waals surface area contributed by atoms with Gasteiger partial charge in [-0.25, -0.2) is 29.9 Å². The average Bonchev–Trinajstić information content (AvgIpc) is 4.22. The quantitative estimate of drug-likeness (QED) is 0.158. The molecule has 1 spiro atoms. The smallest absolute Gasteiger partial charge is 0.164 e. The maximum Gasteiger partial charge on any atom is 0.164 e. The molecule has 6 nitrogen and oxygen atoms in total. The normalized spacial score (nSPS) is 15.0. The van der Waals surface area contributed by atoms with Crippen LogP contribution in [0.5, 0.6) is 0 Å². The van der Waals surface area contributed by atoms with E-state index in [-0.39, 0.29) is 17.3 Å². The minimum atomic E-state index is -0.371. The van der Waals surface area contributed by atoms with Crippen LogP contribution in [-0.4, -0.2) is 29.9 Å². The van der Waals surface area contributed by atoms with Crippen molar-refractivity contribution >= 4 is 0 Å². The minimum Gasteiger partial charge on any atom is -0.208 e. The Morgan fingerprint density at radius 3 is 0.926 bits per heavy atom. The van der Waals surface area contributed by atoms with Crippen LogP contribution >= 0.6 is 0 Å². The topological polar surface area (TPSA) is 77.3 Å². The van der Waals surface area contributed by atoms with E-state index in [1.807, 2.05) is 54.6 Å². The number of rotatable bonds is 7. The summed E-state index contributed by atoms with van der Waals surface area (Å²) in [6.07, 6.45) is 0. The number of aromatic nitrogens is 6. The molecule has 81 heavy (non-hydrogen) atoms. The molecule has 5 aliphatic rings. The van der Waals surface area contributed by atoms with Gasteiger partial charge in [-0.15, -0.1) is 0 Å². The van der Waals surface area contributed by atoms with Crippen molar-refractivity contribution in [1.82, 2.24) is 29.9 Å². The van der Waals surface area contributed by atoms with E-state index in [1.165, 1.54) is 77.9 Å². The summed E-state index contributed by atoms with van der Waals surface area (Å²) in [6.45, 7) is 0. The van der Waals surface area contributed by atoms with Crippen molar-refractivity contribution in [3.63, 3.8) is 0 Å². The molecule has 0 aliphatic heterocycles. The van der Waals surface area contributed by atoms with E-state index in [4.69, 9.17) is 29.9 Å². The number of nitrogens with zero attached hydrogens (tertiary/aromatic N) is 6. The van der Waals surface area contributed by atoms with E-state index in [1.54, 1.807) is 0 Å². The molecule has 0 radical (unpaired) electrons. The summed E-state index contributed by atoms with van der Waals surface area (Å²) in [6, 6.07) is 95.9. The van der Waals surface area contributed by atoms with Gasteiger partial charge in [0.2, 0.25) is 0 Å². The predicted octanol–water partition coefficient (Wildman–Crippen LogP) is 17.1. The molecule has 0 saturated heterocycles. The average molecular weight is 1030 g/mol. The Hall–Kier alpha value is -10.6. The van der Waals surface area contributed by atoms with E-state index in [2.05, 4.69) is 212 Å². The monoisotopic (exact) mass is 1030 g/mol. The molecule has 2 aromatic heterocycles. The van der Waals surface area contributed by atoms with Crippen molar-refractivity contribution in [2.45, 2.75) is 17.3 Å². The third-order valence-corrected chi connectivity index (χ3v) is 17.4. The van der Waals surface area contributed by atoms with Crippen LogP contribution in [0, 0.1) is 0 Å². The molecule has 6 heteroatoms. The van der Waals surface area contributed by atoms with Crippen LogP contribution in [0.2, 0.25) is 0 Å². The van der Waals surface area contributed by atoms with Crippen molar-refractivity contribution in [3.05, 3.63) is 323 Å². The third kappa shape index (κ3) is 6.87. The number of benzene rings is 11. The summed E-state index contributed by atoms with van der Waals surface area (Å²) in [7, 11) is 0. The number of hydrogen-bond donors (Lipinski definition) is 0. The fraction of sp³-hybridized carbons (Fsp3) is 0.0400. The molecule has 2 bridgehead atoms. The number of hydrogen-bond acceptors (Lipinski definition) is 6. The molecule has 13 aromatic rings. The summed E-state index contributed by atoms with van der Waals surface area (Å²) in [4.78, 5) is 30.9. The van der Waals surface area contributed by atoms with Crippen LogP contribution in [0.4, 0.5) is 0 Å². The molecule has 2 heterocycles. The molecule has 2 atom stereocenters. The van der Waals surface area contributed by atoms with Crippen molar-refractivity contribution in [3.8, 4) is 102 Å². The number of fused-ring (bicyclic) bond motifs is 10. The molecule has 5 aliphatic carbocycles. The van der Waals surface area contributed by atoms with Gasteiger partial charge in [-0.1, -0.05) is 249 Å². The van der Waals surface area contributed by atoms with Gasteiger partial charge in [0, 0.05) is 45.2 Å². The Bertz CT molecular complexity index is 4600. The second kappa shape index (κ2) is 17.7. The zero-order chi connectivity index (χ0) is 53.2. The van der Waals surface area contributed by atoms with E-state index in [9.17, 15) is 0 Å². The molecular formula is C75H46N6. The highest BCUT2D eigenvalue weighted by Gasteiger charge is 2.51. The summed E-state index contributed by atoms with van der Waals surface area (Å²) >= 11 is 0. The Morgan fingerprint density at radius 2 is 0.494 bits per heavy atom. The molecule has 2 unspecified atom stereocenters. The third-order valence-electron chi connectivity index (χ3n) is 17.4. The standard InChI is InChI=1S/C75H46N6/c1-4-18-46(19-5-1)69-76-70(47-20-6-2-7-21-47)79-73(78-69)51-36-39-58-61(43-51)67-56-27-10-11-28-57(56)68(58)62-44-52(37-40-59(62)67)74-80-71(48-22-8-3-9-23-48)77-72(81-74)49-34-32-45(33-35-49)50-38-41-66-60(42-50)55-26-14-17-31-65(55)75(66)63-29-15-12-24-53(63)54-25-13-16-30-64(54)75/h1-44,67-68H. The zero-order valence-corrected chi connectivity index (χ0v) is 43.7. The fourth-order valence-corrected chi connectivity index (χ4v) is 13.9. The van der Waals surface area contributed by atoms with Crippen LogP contribution < -0.4 is 0 Å². The van der Waals surface area contributed by atoms with Gasteiger partial charge >= 0.3 is 0 Å². The summed E-state index contributed by atoms with van der Waals surface area (Å²) in [5, 5.41) is 0. The maximum absolute atomic E-state index is 5.31. The fourth-order valence-electron chi connectivity index (χ4n) is 13.9. The first-order chi connectivity index (χ1) is 40.1. The van der Waals surface area contributed by atoms with Crippen LogP contribution in [0.15, 0.2) is 267 Å². The van der Waals surface area contributed by atoms with Crippen LogP contribution in [0.1, 0.15) is 67.5 Å². The molecule has 11 aromatic carbocycles. The first kappa shape index (κ1) is 45.5. The maximum atomic E-state index is 5.31. The van der Waals surface area contributed by atoms with Crippen LogP contribution in [0.3, 0.4) is 0 Å². The SMILES string of the molecule is c1ccc(-c2nc(-c3ccccc3)nc(-c3ccc4c(c3)C3c5ccccc5C4c4cc(-c5nc(-c6ccccc6)nc(-c6ccc(-c7ccc8c(c7)-c7ccccc7C87c8ccccc8-c8ccccc87)cc6)n5)ccc43)n2)cc1. The van der Waals surface area contributed by atoms with Gasteiger partial charge < -0.3 is 0 Å². The van der Waals surface area contributed by atoms with Crippen molar-refractivity contribution in [1.29, 1.82) is 0 Å². The molecule has 376 valence electrons. The lowest BCUT2D eigenvalue weighted by Crippen LogP contribution is -2.27. The van der Waals surface area contributed by atoms with E-state index in [0.717, 1.165) is 44.5 Å². The molecule has 0 saturated carbocycles. The van der Waals surface area contributed by atoms with Gasteiger partial charge in [0.1, 0.15) is 0 Å². The molecule has 0 N–H and O–H groups in total. The van der Waals surface area contributed by atoms with Gasteiger partial charge in [0.25, 0.3) is 0 Å². The van der Waals surface area contributed by atoms with Crippen molar-refractivity contribution < 1.29 is 0 Å². The van der Waals surface area contributed by atoms with Crippen LogP contribution in [0.25, 0.3) is 102 Å².